The molecule has 1 N–H and O–H groups in total. The van der Waals surface area contributed by atoms with Crippen molar-refractivity contribution in [3.05, 3.63) is 18.1 Å². The fraction of sp³-hybridized carbons (Fsp3) is 0.647. The number of piperidine rings is 1. The number of aromatic nitrogens is 4. The number of anilines is 1. The molecule has 3 heterocycles. The molecule has 1 amide bonds. The standard InChI is InChI=1S/C17H24N6O/c1-12-9-15(23-17(20-12)18-11-19-23)22-8-4-5-13(10-22)16(24)21-14-6-2-3-7-14/h9,11,13-14H,2-8,10H2,1H3,(H,21,24)/t13-/m1/s1. The molecule has 1 atom stereocenters. The summed E-state index contributed by atoms with van der Waals surface area (Å²) in [6.07, 6.45) is 8.24. The Labute approximate surface area is 141 Å². The molecule has 0 spiro atoms. The first-order valence-corrected chi connectivity index (χ1v) is 8.93. The van der Waals surface area contributed by atoms with Gasteiger partial charge in [-0.2, -0.15) is 14.6 Å². The van der Waals surface area contributed by atoms with Gasteiger partial charge in [0.15, 0.2) is 0 Å². The van der Waals surface area contributed by atoms with Gasteiger partial charge in [0.1, 0.15) is 12.1 Å². The fourth-order valence-electron chi connectivity index (χ4n) is 3.92. The van der Waals surface area contributed by atoms with Crippen LogP contribution < -0.4 is 10.2 Å². The van der Waals surface area contributed by atoms with Gasteiger partial charge in [-0.05, 0) is 32.6 Å². The molecule has 2 aliphatic rings. The second-order valence-electron chi connectivity index (χ2n) is 7.00. The number of amides is 1. The summed E-state index contributed by atoms with van der Waals surface area (Å²) in [5, 5.41) is 7.54. The summed E-state index contributed by atoms with van der Waals surface area (Å²) in [5.41, 5.74) is 0.919. The van der Waals surface area contributed by atoms with E-state index in [0.717, 1.165) is 50.3 Å². The van der Waals surface area contributed by atoms with Crippen LogP contribution in [0.2, 0.25) is 0 Å². The number of hydrogen-bond acceptors (Lipinski definition) is 5. The highest BCUT2D eigenvalue weighted by molar-refractivity contribution is 5.80. The molecular formula is C17H24N6O. The number of rotatable bonds is 3. The molecule has 1 saturated carbocycles. The van der Waals surface area contributed by atoms with Gasteiger partial charge in [0.2, 0.25) is 5.91 Å². The van der Waals surface area contributed by atoms with Gasteiger partial charge in [-0.25, -0.2) is 4.98 Å². The summed E-state index contributed by atoms with van der Waals surface area (Å²) in [5.74, 6) is 1.86. The Balaban J connectivity index is 1.51. The first-order valence-electron chi connectivity index (χ1n) is 8.93. The average molecular weight is 328 g/mol. The molecule has 7 heteroatoms. The Morgan fingerprint density at radius 3 is 2.92 bits per heavy atom. The highest BCUT2D eigenvalue weighted by Gasteiger charge is 2.29. The van der Waals surface area contributed by atoms with Crippen molar-refractivity contribution in [2.75, 3.05) is 18.0 Å². The average Bonchev–Trinajstić information content (AvgIpc) is 3.25. The van der Waals surface area contributed by atoms with Gasteiger partial charge in [-0.3, -0.25) is 4.79 Å². The molecule has 2 fully saturated rings. The Kier molecular flexibility index (Phi) is 4.08. The zero-order chi connectivity index (χ0) is 16.5. The molecule has 1 saturated heterocycles. The normalized spacial score (nSPS) is 22.2. The van der Waals surface area contributed by atoms with Crippen LogP contribution in [0.5, 0.6) is 0 Å². The molecular weight excluding hydrogens is 304 g/mol. The van der Waals surface area contributed by atoms with Crippen LogP contribution in [0.1, 0.15) is 44.2 Å². The van der Waals surface area contributed by atoms with Crippen LogP contribution in [0.3, 0.4) is 0 Å². The predicted molar refractivity (Wildman–Crippen MR) is 90.9 cm³/mol. The second kappa shape index (κ2) is 6.37. The summed E-state index contributed by atoms with van der Waals surface area (Å²) in [6.45, 7) is 3.63. The maximum atomic E-state index is 12.6. The Bertz CT molecular complexity index is 736. The fourth-order valence-corrected chi connectivity index (χ4v) is 3.92. The SMILES string of the molecule is Cc1cc(N2CCC[C@@H](C(=O)NC3CCCC3)C2)n2ncnc2n1. The van der Waals surface area contributed by atoms with Gasteiger partial charge in [0.25, 0.3) is 5.78 Å². The van der Waals surface area contributed by atoms with Crippen LogP contribution in [0.25, 0.3) is 5.78 Å². The number of carbonyl (C=O) groups excluding carboxylic acids is 1. The third kappa shape index (κ3) is 2.95. The third-order valence-corrected chi connectivity index (χ3v) is 5.18. The van der Waals surface area contributed by atoms with Gasteiger partial charge in [-0.1, -0.05) is 12.8 Å². The summed E-state index contributed by atoms with van der Waals surface area (Å²) >= 11 is 0. The van der Waals surface area contributed by atoms with Crippen molar-refractivity contribution in [3.8, 4) is 0 Å². The summed E-state index contributed by atoms with van der Waals surface area (Å²) in [7, 11) is 0. The number of nitrogens with one attached hydrogen (secondary N) is 1. The van der Waals surface area contributed by atoms with Gasteiger partial charge in [0, 0.05) is 30.9 Å². The lowest BCUT2D eigenvalue weighted by Crippen LogP contribution is -2.46. The maximum Gasteiger partial charge on any atom is 0.254 e. The van der Waals surface area contributed by atoms with E-state index in [1.807, 2.05) is 13.0 Å². The molecule has 128 valence electrons. The minimum absolute atomic E-state index is 0.0476. The van der Waals surface area contributed by atoms with Crippen molar-refractivity contribution in [3.63, 3.8) is 0 Å². The van der Waals surface area contributed by atoms with Crippen LogP contribution in [0.4, 0.5) is 5.82 Å². The molecule has 1 aliphatic heterocycles. The molecule has 2 aromatic heterocycles. The van der Waals surface area contributed by atoms with E-state index >= 15 is 0 Å². The van der Waals surface area contributed by atoms with E-state index < -0.39 is 0 Å². The maximum absolute atomic E-state index is 12.6. The van der Waals surface area contributed by atoms with E-state index in [4.69, 9.17) is 0 Å². The topological polar surface area (TPSA) is 75.4 Å². The van der Waals surface area contributed by atoms with E-state index in [2.05, 4.69) is 25.3 Å². The van der Waals surface area contributed by atoms with Crippen LogP contribution in [-0.2, 0) is 4.79 Å². The molecule has 24 heavy (non-hydrogen) atoms. The molecule has 7 nitrogen and oxygen atoms in total. The van der Waals surface area contributed by atoms with E-state index in [9.17, 15) is 4.79 Å². The van der Waals surface area contributed by atoms with Gasteiger partial charge < -0.3 is 10.2 Å². The molecule has 2 aromatic rings. The first kappa shape index (κ1) is 15.4. The first-order chi connectivity index (χ1) is 11.7. The molecule has 0 bridgehead atoms. The van der Waals surface area contributed by atoms with Crippen LogP contribution in [-0.4, -0.2) is 44.6 Å². The Hall–Kier alpha value is -2.18. The van der Waals surface area contributed by atoms with Gasteiger partial charge in [0.05, 0.1) is 5.92 Å². The third-order valence-electron chi connectivity index (χ3n) is 5.18. The van der Waals surface area contributed by atoms with Gasteiger partial charge in [-0.15, -0.1) is 0 Å². The van der Waals surface area contributed by atoms with Crippen LogP contribution in [0.15, 0.2) is 12.4 Å². The van der Waals surface area contributed by atoms with E-state index in [1.165, 1.54) is 19.2 Å². The Morgan fingerprint density at radius 2 is 2.08 bits per heavy atom. The Morgan fingerprint density at radius 1 is 1.25 bits per heavy atom. The van der Waals surface area contributed by atoms with Crippen LogP contribution >= 0.6 is 0 Å². The smallest absolute Gasteiger partial charge is 0.254 e. The highest BCUT2D eigenvalue weighted by Crippen LogP contribution is 2.25. The monoisotopic (exact) mass is 328 g/mol. The lowest BCUT2D eigenvalue weighted by Gasteiger charge is -2.34. The largest absolute Gasteiger partial charge is 0.356 e. The van der Waals surface area contributed by atoms with Gasteiger partial charge >= 0.3 is 0 Å². The molecule has 4 rings (SSSR count). The number of carbonyl (C=O) groups is 1. The van der Waals surface area contributed by atoms with E-state index in [-0.39, 0.29) is 11.8 Å². The second-order valence-corrected chi connectivity index (χ2v) is 7.00. The molecule has 0 unspecified atom stereocenters. The van der Waals surface area contributed by atoms with Crippen molar-refractivity contribution in [2.24, 2.45) is 5.92 Å². The van der Waals surface area contributed by atoms with Crippen molar-refractivity contribution >= 4 is 17.5 Å². The number of aryl methyl sites for hydroxylation is 1. The van der Waals surface area contributed by atoms with E-state index in [1.54, 1.807) is 4.52 Å². The van der Waals surface area contributed by atoms with Crippen LogP contribution in [0, 0.1) is 12.8 Å². The predicted octanol–water partition coefficient (Wildman–Crippen LogP) is 1.71. The quantitative estimate of drug-likeness (QED) is 0.928. The molecule has 1 aliphatic carbocycles. The molecule has 0 aromatic carbocycles. The lowest BCUT2D eigenvalue weighted by atomic mass is 9.96. The molecule has 0 radical (unpaired) electrons. The van der Waals surface area contributed by atoms with Crippen molar-refractivity contribution in [2.45, 2.75) is 51.5 Å². The lowest BCUT2D eigenvalue weighted by molar-refractivity contribution is -0.125. The highest BCUT2D eigenvalue weighted by atomic mass is 16.2. The van der Waals surface area contributed by atoms with Crippen molar-refractivity contribution in [1.82, 2.24) is 24.9 Å². The zero-order valence-corrected chi connectivity index (χ0v) is 14.1. The minimum Gasteiger partial charge on any atom is -0.356 e. The zero-order valence-electron chi connectivity index (χ0n) is 14.1. The van der Waals surface area contributed by atoms with Crippen molar-refractivity contribution < 1.29 is 4.79 Å². The summed E-state index contributed by atoms with van der Waals surface area (Å²) in [6, 6.07) is 2.41. The summed E-state index contributed by atoms with van der Waals surface area (Å²) < 4.78 is 1.77. The number of nitrogens with zero attached hydrogens (tertiary/aromatic N) is 5. The van der Waals surface area contributed by atoms with Crippen molar-refractivity contribution in [1.29, 1.82) is 0 Å². The summed E-state index contributed by atoms with van der Waals surface area (Å²) in [4.78, 5) is 23.5. The minimum atomic E-state index is 0.0476. The number of fused-ring (bicyclic) bond motifs is 1. The number of hydrogen-bond donors (Lipinski definition) is 1. The van der Waals surface area contributed by atoms with E-state index in [0.29, 0.717) is 11.8 Å².